The smallest absolute Gasteiger partial charge is 0.257 e. The van der Waals surface area contributed by atoms with Gasteiger partial charge in [-0.05, 0) is 49.1 Å². The highest BCUT2D eigenvalue weighted by Crippen LogP contribution is 2.43. The molecule has 1 fully saturated rings. The number of aryl methyl sites for hydroxylation is 1. The molecule has 6 rings (SSSR count). The van der Waals surface area contributed by atoms with Crippen molar-refractivity contribution in [3.63, 3.8) is 0 Å². The summed E-state index contributed by atoms with van der Waals surface area (Å²) in [5, 5.41) is 20.4. The van der Waals surface area contributed by atoms with Gasteiger partial charge in [-0.3, -0.25) is 4.40 Å². The molecule has 32 heavy (non-hydrogen) atoms. The molecule has 1 saturated carbocycles. The highest BCUT2D eigenvalue weighted by Gasteiger charge is 2.27. The standard InChI is InChI=1S/C24H23N7S/c1-3-5-15-8-11-19-20(12-15)31-14-25-29-24(31)26-21(19)30(2)18-7-4-6-17(13-18)23-28-27-22(32-23)16-9-10-16/h4,6-8,11-14,16H,3,5,9-10H2,1-2H3. The van der Waals surface area contributed by atoms with Crippen molar-refractivity contribution >= 4 is 39.5 Å². The zero-order valence-electron chi connectivity index (χ0n) is 18.1. The molecule has 3 aromatic heterocycles. The third-order valence-electron chi connectivity index (χ3n) is 6.00. The molecule has 1 aliphatic rings. The van der Waals surface area contributed by atoms with Crippen LogP contribution < -0.4 is 4.90 Å². The molecule has 3 heterocycles. The molecule has 0 aliphatic heterocycles. The van der Waals surface area contributed by atoms with Crippen LogP contribution in [0.25, 0.3) is 27.3 Å². The van der Waals surface area contributed by atoms with E-state index in [1.54, 1.807) is 17.7 Å². The Morgan fingerprint density at radius 2 is 2.00 bits per heavy atom. The summed E-state index contributed by atoms with van der Waals surface area (Å²) in [5.41, 5.74) is 4.50. The van der Waals surface area contributed by atoms with Gasteiger partial charge in [0.25, 0.3) is 5.78 Å². The van der Waals surface area contributed by atoms with Gasteiger partial charge >= 0.3 is 0 Å². The van der Waals surface area contributed by atoms with Gasteiger partial charge in [0.1, 0.15) is 22.2 Å². The second-order valence-electron chi connectivity index (χ2n) is 8.37. The summed E-state index contributed by atoms with van der Waals surface area (Å²) in [5.74, 6) is 2.08. The molecule has 0 N–H and O–H groups in total. The van der Waals surface area contributed by atoms with Crippen LogP contribution in [0, 0.1) is 0 Å². The Morgan fingerprint density at radius 1 is 1.09 bits per heavy atom. The first kappa shape index (κ1) is 19.3. The Bertz CT molecular complexity index is 1430. The SMILES string of the molecule is CCCc1ccc2c(N(C)c3cccc(-c4nnc(C5CC5)s4)c3)nc3nncn3c2c1. The molecule has 1 aliphatic carbocycles. The third kappa shape index (κ3) is 3.31. The van der Waals surface area contributed by atoms with Crippen molar-refractivity contribution in [1.82, 2.24) is 29.8 Å². The summed E-state index contributed by atoms with van der Waals surface area (Å²) >= 11 is 1.71. The van der Waals surface area contributed by atoms with Gasteiger partial charge in [-0.15, -0.1) is 20.4 Å². The van der Waals surface area contributed by atoms with Gasteiger partial charge in [0.15, 0.2) is 0 Å². The van der Waals surface area contributed by atoms with E-state index in [4.69, 9.17) is 4.98 Å². The van der Waals surface area contributed by atoms with Gasteiger partial charge in [-0.2, -0.15) is 4.98 Å². The van der Waals surface area contributed by atoms with E-state index in [1.807, 2.05) is 11.4 Å². The Labute approximate surface area is 189 Å². The van der Waals surface area contributed by atoms with Crippen LogP contribution in [0.1, 0.15) is 42.7 Å². The highest BCUT2D eigenvalue weighted by atomic mass is 32.1. The predicted octanol–water partition coefficient (Wildman–Crippen LogP) is 5.39. The molecule has 160 valence electrons. The minimum Gasteiger partial charge on any atom is -0.329 e. The number of rotatable bonds is 6. The highest BCUT2D eigenvalue weighted by molar-refractivity contribution is 7.14. The Hall–Kier alpha value is -3.39. The van der Waals surface area contributed by atoms with E-state index in [9.17, 15) is 0 Å². The average molecular weight is 442 g/mol. The molecular weight excluding hydrogens is 418 g/mol. The average Bonchev–Trinajstić information content (AvgIpc) is 3.35. The van der Waals surface area contributed by atoms with E-state index < -0.39 is 0 Å². The zero-order valence-corrected chi connectivity index (χ0v) is 18.9. The van der Waals surface area contributed by atoms with Gasteiger partial charge < -0.3 is 4.90 Å². The van der Waals surface area contributed by atoms with E-state index >= 15 is 0 Å². The maximum absolute atomic E-state index is 4.84. The number of aromatic nitrogens is 6. The molecule has 5 aromatic rings. The van der Waals surface area contributed by atoms with E-state index in [2.05, 4.69) is 74.7 Å². The first-order valence-corrected chi connectivity index (χ1v) is 11.8. The van der Waals surface area contributed by atoms with Crippen molar-refractivity contribution in [3.05, 3.63) is 59.4 Å². The van der Waals surface area contributed by atoms with Gasteiger partial charge in [0, 0.05) is 29.6 Å². The zero-order chi connectivity index (χ0) is 21.7. The number of hydrogen-bond acceptors (Lipinski definition) is 7. The lowest BCUT2D eigenvalue weighted by Crippen LogP contribution is -2.13. The molecule has 8 heteroatoms. The Kier molecular flexibility index (Phi) is 4.61. The first-order chi connectivity index (χ1) is 15.7. The Morgan fingerprint density at radius 3 is 2.84 bits per heavy atom. The summed E-state index contributed by atoms with van der Waals surface area (Å²) in [7, 11) is 2.05. The van der Waals surface area contributed by atoms with Gasteiger partial charge in [0.05, 0.1) is 5.52 Å². The van der Waals surface area contributed by atoms with Gasteiger partial charge in [-0.25, -0.2) is 0 Å². The molecule has 0 unspecified atom stereocenters. The lowest BCUT2D eigenvalue weighted by molar-refractivity contribution is 0.922. The summed E-state index contributed by atoms with van der Waals surface area (Å²) in [6.45, 7) is 2.20. The van der Waals surface area contributed by atoms with Gasteiger partial charge in [0.2, 0.25) is 0 Å². The molecule has 7 nitrogen and oxygen atoms in total. The Balaban J connectivity index is 1.44. The largest absolute Gasteiger partial charge is 0.329 e. The second-order valence-corrected chi connectivity index (χ2v) is 9.38. The normalized spacial score (nSPS) is 13.8. The fourth-order valence-corrected chi connectivity index (χ4v) is 5.12. The molecular formula is C24H23N7S. The van der Waals surface area contributed by atoms with Crippen LogP contribution in [-0.2, 0) is 6.42 Å². The summed E-state index contributed by atoms with van der Waals surface area (Å²) in [4.78, 5) is 6.96. The maximum Gasteiger partial charge on any atom is 0.257 e. The lowest BCUT2D eigenvalue weighted by atomic mass is 10.1. The number of hydrogen-bond donors (Lipinski definition) is 0. The van der Waals surface area contributed by atoms with Crippen molar-refractivity contribution < 1.29 is 0 Å². The van der Waals surface area contributed by atoms with E-state index in [1.165, 1.54) is 18.4 Å². The maximum atomic E-state index is 4.84. The van der Waals surface area contributed by atoms with Crippen LogP contribution >= 0.6 is 11.3 Å². The van der Waals surface area contributed by atoms with Crippen molar-refractivity contribution in [1.29, 1.82) is 0 Å². The number of benzene rings is 2. The van der Waals surface area contributed by atoms with Crippen molar-refractivity contribution in [3.8, 4) is 10.6 Å². The van der Waals surface area contributed by atoms with E-state index in [0.717, 1.165) is 50.8 Å². The monoisotopic (exact) mass is 441 g/mol. The van der Waals surface area contributed by atoms with E-state index in [0.29, 0.717) is 11.7 Å². The summed E-state index contributed by atoms with van der Waals surface area (Å²) in [6.07, 6.45) is 6.36. The van der Waals surface area contributed by atoms with Crippen LogP contribution in [-0.4, -0.2) is 36.8 Å². The number of nitrogens with zero attached hydrogens (tertiary/aromatic N) is 7. The van der Waals surface area contributed by atoms with E-state index in [-0.39, 0.29) is 0 Å². The molecule has 0 atom stereocenters. The first-order valence-electron chi connectivity index (χ1n) is 11.0. The molecule has 0 bridgehead atoms. The van der Waals surface area contributed by atoms with Crippen LogP contribution in [0.3, 0.4) is 0 Å². The summed E-state index contributed by atoms with van der Waals surface area (Å²) in [6, 6.07) is 15.0. The van der Waals surface area contributed by atoms with Crippen molar-refractivity contribution in [2.75, 3.05) is 11.9 Å². The number of fused-ring (bicyclic) bond motifs is 3. The third-order valence-corrected chi connectivity index (χ3v) is 7.14. The van der Waals surface area contributed by atoms with Crippen molar-refractivity contribution in [2.45, 2.75) is 38.5 Å². The topological polar surface area (TPSA) is 72.1 Å². The fraction of sp³-hybridized carbons (Fsp3) is 0.292. The second kappa shape index (κ2) is 7.63. The minimum absolute atomic E-state index is 0.599. The molecule has 2 aromatic carbocycles. The quantitative estimate of drug-likeness (QED) is 0.352. The lowest BCUT2D eigenvalue weighted by Gasteiger charge is -2.21. The number of anilines is 2. The molecule has 0 spiro atoms. The van der Waals surface area contributed by atoms with Crippen LogP contribution in [0.2, 0.25) is 0 Å². The predicted molar refractivity (Wildman–Crippen MR) is 128 cm³/mol. The molecule has 0 saturated heterocycles. The molecule has 0 amide bonds. The van der Waals surface area contributed by atoms with Crippen LogP contribution in [0.4, 0.5) is 11.5 Å². The fourth-order valence-electron chi connectivity index (χ4n) is 4.11. The van der Waals surface area contributed by atoms with Crippen molar-refractivity contribution in [2.24, 2.45) is 0 Å². The van der Waals surface area contributed by atoms with Crippen LogP contribution in [0.15, 0.2) is 48.8 Å². The molecule has 0 radical (unpaired) electrons. The minimum atomic E-state index is 0.599. The van der Waals surface area contributed by atoms with Crippen LogP contribution in [0.5, 0.6) is 0 Å². The van der Waals surface area contributed by atoms with Gasteiger partial charge in [-0.1, -0.05) is 42.9 Å². The summed E-state index contributed by atoms with van der Waals surface area (Å²) < 4.78 is 1.96.